The highest BCUT2D eigenvalue weighted by Crippen LogP contribution is 2.37. The summed E-state index contributed by atoms with van der Waals surface area (Å²) in [6.07, 6.45) is 3.20. The van der Waals surface area contributed by atoms with Gasteiger partial charge in [0.15, 0.2) is 0 Å². The van der Waals surface area contributed by atoms with E-state index >= 15 is 0 Å². The second kappa shape index (κ2) is 8.74. The molecule has 0 aromatic heterocycles. The maximum Gasteiger partial charge on any atom is 0.326 e. The number of hydrogen-bond donors (Lipinski definition) is 1. The summed E-state index contributed by atoms with van der Waals surface area (Å²) in [7, 11) is 0. The van der Waals surface area contributed by atoms with E-state index in [9.17, 15) is 4.79 Å². The van der Waals surface area contributed by atoms with Crippen LogP contribution in [0.15, 0.2) is 0 Å². The average Bonchev–Trinajstić information content (AvgIpc) is 2.47. The Morgan fingerprint density at radius 2 is 1.90 bits per heavy atom. The van der Waals surface area contributed by atoms with Gasteiger partial charge in [-0.3, -0.25) is 4.79 Å². The zero-order valence-corrected chi connectivity index (χ0v) is 14.6. The van der Waals surface area contributed by atoms with Crippen molar-refractivity contribution >= 4 is 5.97 Å². The molecule has 1 rings (SSSR count). The number of esters is 1. The summed E-state index contributed by atoms with van der Waals surface area (Å²) in [6.45, 7) is 15.1. The molecule has 1 fully saturated rings. The largest absolute Gasteiger partial charge is 0.465 e. The van der Waals surface area contributed by atoms with Crippen LogP contribution in [0.25, 0.3) is 0 Å². The first kappa shape index (κ1) is 18.4. The maximum atomic E-state index is 12.6. The van der Waals surface area contributed by atoms with E-state index in [1.165, 1.54) is 6.42 Å². The summed E-state index contributed by atoms with van der Waals surface area (Å²) < 4.78 is 5.40. The van der Waals surface area contributed by atoms with Gasteiger partial charge in [0.1, 0.15) is 5.54 Å². The van der Waals surface area contributed by atoms with Gasteiger partial charge in [-0.25, -0.2) is 0 Å². The van der Waals surface area contributed by atoms with Crippen LogP contribution in [0.1, 0.15) is 53.9 Å². The van der Waals surface area contributed by atoms with E-state index in [4.69, 9.17) is 4.74 Å². The highest BCUT2D eigenvalue weighted by molar-refractivity contribution is 5.81. The van der Waals surface area contributed by atoms with E-state index in [1.54, 1.807) is 0 Å². The number of ether oxygens (including phenoxy) is 1. The Morgan fingerprint density at radius 3 is 2.48 bits per heavy atom. The fraction of sp³-hybridized carbons (Fsp3) is 0.941. The van der Waals surface area contributed by atoms with Crippen molar-refractivity contribution in [3.63, 3.8) is 0 Å². The minimum absolute atomic E-state index is 0.0522. The van der Waals surface area contributed by atoms with Crippen LogP contribution in [-0.2, 0) is 9.53 Å². The molecule has 0 bridgehead atoms. The Bertz CT molecular complexity index is 318. The van der Waals surface area contributed by atoms with Crippen molar-refractivity contribution in [2.45, 2.75) is 59.4 Å². The quantitative estimate of drug-likeness (QED) is 0.700. The lowest BCUT2D eigenvalue weighted by molar-refractivity contribution is -0.156. The van der Waals surface area contributed by atoms with Crippen molar-refractivity contribution in [2.75, 3.05) is 32.8 Å². The lowest BCUT2D eigenvalue weighted by Gasteiger charge is -2.43. The smallest absolute Gasteiger partial charge is 0.326 e. The Balaban J connectivity index is 2.74. The van der Waals surface area contributed by atoms with Crippen LogP contribution < -0.4 is 5.32 Å². The number of nitrogens with zero attached hydrogens (tertiary/aromatic N) is 1. The van der Waals surface area contributed by atoms with Gasteiger partial charge in [-0.1, -0.05) is 34.1 Å². The minimum Gasteiger partial charge on any atom is -0.465 e. The average molecular weight is 298 g/mol. The van der Waals surface area contributed by atoms with Crippen LogP contribution in [0.3, 0.4) is 0 Å². The summed E-state index contributed by atoms with van der Waals surface area (Å²) in [5, 5.41) is 3.58. The number of carbonyl (C=O) groups excluding carboxylic acids is 1. The fourth-order valence-electron chi connectivity index (χ4n) is 3.47. The molecule has 21 heavy (non-hydrogen) atoms. The number of carbonyl (C=O) groups is 1. The molecule has 0 spiro atoms. The summed E-state index contributed by atoms with van der Waals surface area (Å²) in [6, 6.07) is 0. The molecule has 0 heterocycles. The fourth-order valence-corrected chi connectivity index (χ4v) is 3.47. The normalized spacial score (nSPS) is 29.6. The predicted octanol–water partition coefficient (Wildman–Crippen LogP) is 2.68. The molecule has 0 saturated heterocycles. The summed E-state index contributed by atoms with van der Waals surface area (Å²) in [5.74, 6) is 0.861. The second-order valence-corrected chi connectivity index (χ2v) is 6.43. The number of nitrogens with one attached hydrogen (secondary N) is 1. The van der Waals surface area contributed by atoms with Gasteiger partial charge >= 0.3 is 5.97 Å². The van der Waals surface area contributed by atoms with E-state index in [2.05, 4.69) is 37.9 Å². The van der Waals surface area contributed by atoms with Gasteiger partial charge in [0.25, 0.3) is 0 Å². The van der Waals surface area contributed by atoms with Crippen LogP contribution in [0.4, 0.5) is 0 Å². The lowest BCUT2D eigenvalue weighted by atomic mass is 9.69. The van der Waals surface area contributed by atoms with Gasteiger partial charge in [0.2, 0.25) is 0 Å². The Labute approximate surface area is 130 Å². The molecule has 0 aromatic rings. The van der Waals surface area contributed by atoms with Gasteiger partial charge in [0, 0.05) is 13.1 Å². The molecule has 4 heteroatoms. The van der Waals surface area contributed by atoms with E-state index in [0.717, 1.165) is 39.0 Å². The zero-order valence-electron chi connectivity index (χ0n) is 14.6. The zero-order chi connectivity index (χ0) is 15.9. The van der Waals surface area contributed by atoms with E-state index < -0.39 is 5.54 Å². The molecule has 3 atom stereocenters. The molecule has 3 unspecified atom stereocenters. The topological polar surface area (TPSA) is 41.6 Å². The predicted molar refractivity (Wildman–Crippen MR) is 87.3 cm³/mol. The molecule has 0 aromatic carbocycles. The Morgan fingerprint density at radius 1 is 1.24 bits per heavy atom. The third kappa shape index (κ3) is 4.68. The number of hydrogen-bond acceptors (Lipinski definition) is 4. The highest BCUT2D eigenvalue weighted by Gasteiger charge is 2.47. The molecule has 1 N–H and O–H groups in total. The minimum atomic E-state index is -0.485. The lowest BCUT2D eigenvalue weighted by Crippen LogP contribution is -2.61. The van der Waals surface area contributed by atoms with Crippen molar-refractivity contribution in [2.24, 2.45) is 11.8 Å². The second-order valence-electron chi connectivity index (χ2n) is 6.43. The van der Waals surface area contributed by atoms with E-state index in [1.807, 2.05) is 6.92 Å². The van der Waals surface area contributed by atoms with Crippen molar-refractivity contribution in [1.29, 1.82) is 0 Å². The van der Waals surface area contributed by atoms with Crippen LogP contribution in [-0.4, -0.2) is 49.2 Å². The Hall–Kier alpha value is -0.610. The van der Waals surface area contributed by atoms with Crippen LogP contribution in [0.2, 0.25) is 0 Å². The summed E-state index contributed by atoms with van der Waals surface area (Å²) in [4.78, 5) is 15.0. The van der Waals surface area contributed by atoms with Crippen molar-refractivity contribution in [3.8, 4) is 0 Å². The molecule has 124 valence electrons. The first-order valence-electron chi connectivity index (χ1n) is 8.64. The van der Waals surface area contributed by atoms with Crippen molar-refractivity contribution in [3.05, 3.63) is 0 Å². The van der Waals surface area contributed by atoms with Gasteiger partial charge in [-0.15, -0.1) is 0 Å². The molecule has 0 aliphatic heterocycles. The van der Waals surface area contributed by atoms with Gasteiger partial charge in [0.05, 0.1) is 6.61 Å². The third-order valence-electron chi connectivity index (χ3n) is 5.01. The van der Waals surface area contributed by atoms with E-state index in [-0.39, 0.29) is 5.97 Å². The Kier molecular flexibility index (Phi) is 7.67. The molecule has 1 aliphatic rings. The van der Waals surface area contributed by atoms with Crippen LogP contribution in [0, 0.1) is 11.8 Å². The van der Waals surface area contributed by atoms with Gasteiger partial charge in [-0.05, 0) is 44.7 Å². The van der Waals surface area contributed by atoms with Crippen molar-refractivity contribution < 1.29 is 9.53 Å². The first-order valence-corrected chi connectivity index (χ1v) is 8.64. The molecule has 0 amide bonds. The molecule has 0 radical (unpaired) electrons. The first-order chi connectivity index (χ1) is 10.00. The highest BCUT2D eigenvalue weighted by atomic mass is 16.5. The molecule has 1 aliphatic carbocycles. The monoisotopic (exact) mass is 298 g/mol. The molecular formula is C17H34N2O2. The summed E-state index contributed by atoms with van der Waals surface area (Å²) >= 11 is 0. The summed E-state index contributed by atoms with van der Waals surface area (Å²) in [5.41, 5.74) is -0.485. The van der Waals surface area contributed by atoms with Gasteiger partial charge < -0.3 is 15.0 Å². The van der Waals surface area contributed by atoms with E-state index in [0.29, 0.717) is 18.4 Å². The maximum absolute atomic E-state index is 12.6. The van der Waals surface area contributed by atoms with Crippen LogP contribution in [0.5, 0.6) is 0 Å². The standard InChI is InChI=1S/C17H34N2O2/c1-6-19(7-2)12-11-18-17(16(20)21-8-3)13-14(4)9-10-15(17)5/h14-15,18H,6-13H2,1-5H3. The molecule has 1 saturated carbocycles. The number of rotatable bonds is 8. The number of likely N-dealkylation sites (N-methyl/N-ethyl adjacent to an activating group) is 1. The van der Waals surface area contributed by atoms with Crippen LogP contribution >= 0.6 is 0 Å². The third-order valence-corrected chi connectivity index (χ3v) is 5.01. The van der Waals surface area contributed by atoms with Gasteiger partial charge in [-0.2, -0.15) is 0 Å². The SMILES string of the molecule is CCOC(=O)C1(NCCN(CC)CC)CC(C)CCC1C. The van der Waals surface area contributed by atoms with Crippen molar-refractivity contribution in [1.82, 2.24) is 10.2 Å². The molecular weight excluding hydrogens is 264 g/mol. The molecule has 4 nitrogen and oxygen atoms in total.